The van der Waals surface area contributed by atoms with Crippen molar-refractivity contribution in [2.24, 2.45) is 0 Å². The molecule has 0 bridgehead atoms. The van der Waals surface area contributed by atoms with Crippen molar-refractivity contribution < 1.29 is 19.0 Å². The van der Waals surface area contributed by atoms with E-state index < -0.39 is 0 Å². The highest BCUT2D eigenvalue weighted by Crippen LogP contribution is 2.53. The minimum absolute atomic E-state index is 0.0399. The van der Waals surface area contributed by atoms with Crippen molar-refractivity contribution >= 4 is 23.6 Å². The zero-order valence-electron chi connectivity index (χ0n) is 14.1. The zero-order chi connectivity index (χ0) is 17.3. The van der Waals surface area contributed by atoms with Crippen LogP contribution in [0.3, 0.4) is 0 Å². The maximum absolute atomic E-state index is 12.8. The van der Waals surface area contributed by atoms with Crippen LogP contribution in [0.1, 0.15) is 28.7 Å². The number of nitrogens with one attached hydrogen (secondary N) is 1. The maximum atomic E-state index is 12.8. The number of ketones is 1. The van der Waals surface area contributed by atoms with E-state index in [1.165, 1.54) is 18.9 Å². The van der Waals surface area contributed by atoms with Gasteiger partial charge in [0.05, 0.1) is 31.1 Å². The van der Waals surface area contributed by atoms with Crippen LogP contribution in [0.4, 0.5) is 0 Å². The molecule has 2 aromatic rings. The summed E-state index contributed by atoms with van der Waals surface area (Å²) in [6.07, 6.45) is 2.79. The van der Waals surface area contributed by atoms with Crippen LogP contribution in [0.25, 0.3) is 6.08 Å². The molecule has 1 aromatic carbocycles. The van der Waals surface area contributed by atoms with Crippen molar-refractivity contribution in [1.29, 1.82) is 0 Å². The minimum atomic E-state index is -0.0399. The number of carbonyl (C=O) groups excluding carboxylic acids is 1. The lowest BCUT2D eigenvalue weighted by molar-refractivity contribution is 0.104. The SMILES string of the molecule is CCc1ccc(/C=C2/Sc3c(cc(OC)c(OC)c3OC)C2=O)[nH]1. The number of H-pyrrole nitrogens is 1. The first kappa shape index (κ1) is 16.5. The standard InChI is InChI=1S/C18H19NO4S/c1-5-10-6-7-11(19-10)8-14-15(20)12-9-13(21-2)16(22-3)17(23-4)18(12)24-14/h6-9,19H,5H2,1-4H3/b14-8+. The second-order valence-electron chi connectivity index (χ2n) is 5.25. The van der Waals surface area contributed by atoms with Crippen LogP contribution < -0.4 is 14.2 Å². The number of allylic oxidation sites excluding steroid dienone is 1. The van der Waals surface area contributed by atoms with Gasteiger partial charge < -0.3 is 19.2 Å². The molecule has 1 N–H and O–H groups in total. The highest BCUT2D eigenvalue weighted by molar-refractivity contribution is 8.05. The highest BCUT2D eigenvalue weighted by Gasteiger charge is 2.33. The number of aromatic nitrogens is 1. The Kier molecular flexibility index (Phi) is 4.57. The minimum Gasteiger partial charge on any atom is -0.493 e. The molecule has 1 aliphatic rings. The zero-order valence-corrected chi connectivity index (χ0v) is 14.9. The molecule has 0 amide bonds. The summed E-state index contributed by atoms with van der Waals surface area (Å²) < 4.78 is 16.2. The van der Waals surface area contributed by atoms with Crippen molar-refractivity contribution in [2.75, 3.05) is 21.3 Å². The molecule has 24 heavy (non-hydrogen) atoms. The normalized spacial score (nSPS) is 14.8. The van der Waals surface area contributed by atoms with Gasteiger partial charge in [0, 0.05) is 17.0 Å². The van der Waals surface area contributed by atoms with Gasteiger partial charge in [0.2, 0.25) is 11.5 Å². The first-order valence-electron chi connectivity index (χ1n) is 7.58. The fraction of sp³-hybridized carbons (Fsp3) is 0.278. The third kappa shape index (κ3) is 2.67. The van der Waals surface area contributed by atoms with E-state index in [0.29, 0.717) is 27.7 Å². The van der Waals surface area contributed by atoms with Crippen LogP contribution in [0.2, 0.25) is 0 Å². The Labute approximate surface area is 145 Å². The van der Waals surface area contributed by atoms with Crippen LogP contribution in [-0.2, 0) is 6.42 Å². The number of rotatable bonds is 5. The molecule has 0 saturated heterocycles. The van der Waals surface area contributed by atoms with Gasteiger partial charge in [0.1, 0.15) is 0 Å². The molecule has 126 valence electrons. The number of aromatic amines is 1. The molecule has 1 aromatic heterocycles. The summed E-state index contributed by atoms with van der Waals surface area (Å²) >= 11 is 1.39. The number of carbonyl (C=O) groups is 1. The maximum Gasteiger partial charge on any atom is 0.204 e. The lowest BCUT2D eigenvalue weighted by Gasteiger charge is -2.14. The van der Waals surface area contributed by atoms with Gasteiger partial charge in [-0.2, -0.15) is 0 Å². The van der Waals surface area contributed by atoms with Gasteiger partial charge in [-0.15, -0.1) is 0 Å². The lowest BCUT2D eigenvalue weighted by Crippen LogP contribution is -2.00. The quantitative estimate of drug-likeness (QED) is 0.832. The second-order valence-corrected chi connectivity index (χ2v) is 6.31. The molecule has 1 aliphatic heterocycles. The molecule has 5 nitrogen and oxygen atoms in total. The summed E-state index contributed by atoms with van der Waals surface area (Å²) in [4.78, 5) is 17.4. The number of hydrogen-bond acceptors (Lipinski definition) is 5. The predicted octanol–water partition coefficient (Wildman–Crippen LogP) is 3.93. The van der Waals surface area contributed by atoms with Crippen LogP contribution in [0.15, 0.2) is 28.0 Å². The number of hydrogen-bond donors (Lipinski definition) is 1. The largest absolute Gasteiger partial charge is 0.493 e. The Hall–Kier alpha value is -2.34. The molecule has 0 unspecified atom stereocenters. The lowest BCUT2D eigenvalue weighted by atomic mass is 10.1. The van der Waals surface area contributed by atoms with Crippen molar-refractivity contribution in [3.63, 3.8) is 0 Å². The number of fused-ring (bicyclic) bond motifs is 1. The molecule has 3 rings (SSSR count). The van der Waals surface area contributed by atoms with Crippen LogP contribution in [-0.4, -0.2) is 32.1 Å². The molecular weight excluding hydrogens is 326 g/mol. The number of thioether (sulfide) groups is 1. The number of aryl methyl sites for hydroxylation is 1. The fourth-order valence-electron chi connectivity index (χ4n) is 2.67. The van der Waals surface area contributed by atoms with E-state index in [4.69, 9.17) is 14.2 Å². The average Bonchev–Trinajstić information content (AvgIpc) is 3.18. The molecule has 0 radical (unpaired) electrons. The topological polar surface area (TPSA) is 60.6 Å². The molecule has 2 heterocycles. The van der Waals surface area contributed by atoms with E-state index in [9.17, 15) is 4.79 Å². The van der Waals surface area contributed by atoms with Gasteiger partial charge in [-0.1, -0.05) is 18.7 Å². The van der Waals surface area contributed by atoms with Crippen molar-refractivity contribution in [1.82, 2.24) is 4.98 Å². The van der Waals surface area contributed by atoms with Gasteiger partial charge in [-0.05, 0) is 30.7 Å². The van der Waals surface area contributed by atoms with E-state index in [1.807, 2.05) is 18.2 Å². The monoisotopic (exact) mass is 345 g/mol. The first-order chi connectivity index (χ1) is 11.6. The molecule has 0 aliphatic carbocycles. The Bertz CT molecular complexity index is 823. The summed E-state index contributed by atoms with van der Waals surface area (Å²) in [5.74, 6) is 1.46. The predicted molar refractivity (Wildman–Crippen MR) is 94.4 cm³/mol. The summed E-state index contributed by atoms with van der Waals surface area (Å²) in [5.41, 5.74) is 2.62. The van der Waals surface area contributed by atoms with Gasteiger partial charge in [0.25, 0.3) is 0 Å². The summed E-state index contributed by atoms with van der Waals surface area (Å²) in [7, 11) is 4.65. The Morgan fingerprint density at radius 1 is 1.12 bits per heavy atom. The van der Waals surface area contributed by atoms with Gasteiger partial charge in [-0.3, -0.25) is 4.79 Å². The van der Waals surface area contributed by atoms with Gasteiger partial charge >= 0.3 is 0 Å². The van der Waals surface area contributed by atoms with Gasteiger partial charge in [0.15, 0.2) is 11.5 Å². The van der Waals surface area contributed by atoms with E-state index in [0.717, 1.165) is 22.7 Å². The summed E-state index contributed by atoms with van der Waals surface area (Å²) in [6, 6.07) is 5.70. The Balaban J connectivity index is 2.06. The molecule has 0 spiro atoms. The third-order valence-corrected chi connectivity index (χ3v) is 5.03. The smallest absolute Gasteiger partial charge is 0.204 e. The van der Waals surface area contributed by atoms with E-state index in [-0.39, 0.29) is 5.78 Å². The molecular formula is C18H19NO4S. The van der Waals surface area contributed by atoms with Crippen LogP contribution in [0.5, 0.6) is 17.2 Å². The second kappa shape index (κ2) is 6.65. The molecule has 6 heteroatoms. The summed E-state index contributed by atoms with van der Waals surface area (Å²) in [6.45, 7) is 2.08. The molecule has 0 fully saturated rings. The van der Waals surface area contributed by atoms with E-state index >= 15 is 0 Å². The summed E-state index contributed by atoms with van der Waals surface area (Å²) in [5, 5.41) is 0. The highest BCUT2D eigenvalue weighted by atomic mass is 32.2. The Morgan fingerprint density at radius 3 is 2.46 bits per heavy atom. The van der Waals surface area contributed by atoms with Crippen molar-refractivity contribution in [3.05, 3.63) is 40.1 Å². The van der Waals surface area contributed by atoms with E-state index in [1.54, 1.807) is 20.3 Å². The molecule has 0 saturated carbocycles. The van der Waals surface area contributed by atoms with Crippen LogP contribution >= 0.6 is 11.8 Å². The Morgan fingerprint density at radius 2 is 1.88 bits per heavy atom. The third-order valence-electron chi connectivity index (χ3n) is 3.90. The van der Waals surface area contributed by atoms with Gasteiger partial charge in [-0.25, -0.2) is 0 Å². The van der Waals surface area contributed by atoms with Crippen molar-refractivity contribution in [2.45, 2.75) is 18.2 Å². The fourth-order valence-corrected chi connectivity index (χ4v) is 3.81. The van der Waals surface area contributed by atoms with Crippen LogP contribution in [0, 0.1) is 0 Å². The molecule has 0 atom stereocenters. The average molecular weight is 345 g/mol. The number of Topliss-reactive ketones (excluding diaryl/α,β-unsaturated/α-hetero) is 1. The van der Waals surface area contributed by atoms with E-state index in [2.05, 4.69) is 11.9 Å². The number of ether oxygens (including phenoxy) is 3. The van der Waals surface area contributed by atoms with Crippen molar-refractivity contribution in [3.8, 4) is 17.2 Å². The first-order valence-corrected chi connectivity index (χ1v) is 8.39. The number of methoxy groups -OCH3 is 3. The number of benzene rings is 1.